The van der Waals surface area contributed by atoms with Crippen LogP contribution in [-0.2, 0) is 20.7 Å². The number of hydrogen-bond donors (Lipinski definition) is 0. The molecule has 104 valence electrons. The number of hydrogen-bond acceptors (Lipinski definition) is 4. The van der Waals surface area contributed by atoms with E-state index in [1.807, 2.05) is 6.07 Å². The van der Waals surface area contributed by atoms with Crippen molar-refractivity contribution in [2.24, 2.45) is 0 Å². The Labute approximate surface area is 121 Å². The van der Waals surface area contributed by atoms with E-state index in [-0.39, 0.29) is 11.9 Å². The molecule has 1 aromatic carbocycles. The third kappa shape index (κ3) is 5.42. The van der Waals surface area contributed by atoms with Crippen molar-refractivity contribution in [3.05, 3.63) is 33.8 Å². The summed E-state index contributed by atoms with van der Waals surface area (Å²) in [6, 6.07) is 5.32. The van der Waals surface area contributed by atoms with Gasteiger partial charge in [-0.15, -0.1) is 0 Å². The zero-order valence-electron chi connectivity index (χ0n) is 11.1. The summed E-state index contributed by atoms with van der Waals surface area (Å²) in [4.78, 5) is 23.0. The molecule has 0 saturated heterocycles. The van der Waals surface area contributed by atoms with Crippen molar-refractivity contribution in [1.29, 1.82) is 0 Å². The number of ether oxygens (including phenoxy) is 2. The number of rotatable bonds is 6. The Morgan fingerprint density at radius 3 is 2.42 bits per heavy atom. The molecule has 0 aliphatic heterocycles. The molecular weight excluding hydrogens is 312 g/mol. The molecule has 0 N–H and O–H groups in total. The van der Waals surface area contributed by atoms with E-state index in [1.165, 1.54) is 0 Å². The van der Waals surface area contributed by atoms with Gasteiger partial charge in [0.2, 0.25) is 0 Å². The Morgan fingerprint density at radius 2 is 1.79 bits per heavy atom. The highest BCUT2D eigenvalue weighted by Crippen LogP contribution is 2.18. The van der Waals surface area contributed by atoms with Gasteiger partial charge in [0.25, 0.3) is 0 Å². The van der Waals surface area contributed by atoms with E-state index in [0.717, 1.165) is 10.0 Å². The Hall–Kier alpha value is -1.36. The third-order valence-electron chi connectivity index (χ3n) is 2.39. The van der Waals surface area contributed by atoms with E-state index in [1.54, 1.807) is 26.0 Å². The van der Waals surface area contributed by atoms with Crippen LogP contribution in [0.2, 0.25) is 0 Å². The maximum Gasteiger partial charge on any atom is 0.338 e. The summed E-state index contributed by atoms with van der Waals surface area (Å²) >= 11 is 3.35. The van der Waals surface area contributed by atoms with Crippen LogP contribution in [-0.4, -0.2) is 25.2 Å². The minimum atomic E-state index is -0.360. The summed E-state index contributed by atoms with van der Waals surface area (Å²) in [5.74, 6) is -0.596. The molecule has 5 heteroatoms. The Kier molecular flexibility index (Phi) is 6.56. The molecule has 4 nitrogen and oxygen atoms in total. The van der Waals surface area contributed by atoms with Crippen molar-refractivity contribution in [3.8, 4) is 0 Å². The largest absolute Gasteiger partial charge is 0.466 e. The molecule has 19 heavy (non-hydrogen) atoms. The van der Waals surface area contributed by atoms with Gasteiger partial charge < -0.3 is 9.47 Å². The normalized spacial score (nSPS) is 10.1. The summed E-state index contributed by atoms with van der Waals surface area (Å²) in [5, 5.41) is 0. The van der Waals surface area contributed by atoms with Crippen molar-refractivity contribution in [2.75, 3.05) is 13.2 Å². The Balaban J connectivity index is 2.73. The minimum Gasteiger partial charge on any atom is -0.466 e. The molecule has 0 radical (unpaired) electrons. The van der Waals surface area contributed by atoms with Gasteiger partial charge in [0, 0.05) is 10.9 Å². The van der Waals surface area contributed by atoms with Gasteiger partial charge in [-0.25, -0.2) is 4.79 Å². The lowest BCUT2D eigenvalue weighted by molar-refractivity contribution is -0.143. The highest BCUT2D eigenvalue weighted by Gasteiger charge is 2.10. The molecule has 0 amide bonds. The van der Waals surface area contributed by atoms with Gasteiger partial charge in [-0.1, -0.05) is 15.9 Å². The quantitative estimate of drug-likeness (QED) is 0.753. The van der Waals surface area contributed by atoms with Crippen molar-refractivity contribution < 1.29 is 19.1 Å². The molecule has 0 bridgehead atoms. The van der Waals surface area contributed by atoms with Gasteiger partial charge in [-0.05, 0) is 44.0 Å². The number of halogens is 1. The molecule has 1 aromatic rings. The molecule has 0 fully saturated rings. The first-order valence-electron chi connectivity index (χ1n) is 6.19. The summed E-state index contributed by atoms with van der Waals surface area (Å²) in [6.45, 7) is 4.25. The molecule has 0 atom stereocenters. The van der Waals surface area contributed by atoms with Crippen LogP contribution in [0.5, 0.6) is 0 Å². The van der Waals surface area contributed by atoms with Crippen molar-refractivity contribution in [3.63, 3.8) is 0 Å². The first kappa shape index (κ1) is 15.7. The summed E-state index contributed by atoms with van der Waals surface area (Å²) in [6.07, 6.45) is 0.831. The predicted octanol–water partition coefficient (Wildman–Crippen LogP) is 3.12. The molecule has 0 aromatic heterocycles. The zero-order valence-corrected chi connectivity index (χ0v) is 12.7. The van der Waals surface area contributed by atoms with E-state index < -0.39 is 0 Å². The average Bonchev–Trinajstić information content (AvgIpc) is 2.36. The van der Waals surface area contributed by atoms with Crippen LogP contribution < -0.4 is 0 Å². The fourth-order valence-corrected chi connectivity index (χ4v) is 2.15. The van der Waals surface area contributed by atoms with Crippen LogP contribution in [0.25, 0.3) is 0 Å². The number of benzene rings is 1. The van der Waals surface area contributed by atoms with Crippen molar-refractivity contribution >= 4 is 27.9 Å². The maximum absolute atomic E-state index is 11.7. The predicted molar refractivity (Wildman–Crippen MR) is 75.1 cm³/mol. The first-order chi connectivity index (χ1) is 9.06. The van der Waals surface area contributed by atoms with Crippen molar-refractivity contribution in [2.45, 2.75) is 26.7 Å². The monoisotopic (exact) mass is 328 g/mol. The second-order valence-corrected chi connectivity index (χ2v) is 4.79. The average molecular weight is 329 g/mol. The van der Waals surface area contributed by atoms with E-state index in [2.05, 4.69) is 15.9 Å². The lowest BCUT2D eigenvalue weighted by Crippen LogP contribution is -2.07. The van der Waals surface area contributed by atoms with Gasteiger partial charge in [-0.2, -0.15) is 0 Å². The van der Waals surface area contributed by atoms with Gasteiger partial charge in [0.1, 0.15) is 0 Å². The lowest BCUT2D eigenvalue weighted by Gasteiger charge is -2.06. The van der Waals surface area contributed by atoms with Gasteiger partial charge >= 0.3 is 11.9 Å². The number of carbonyl (C=O) groups excluding carboxylic acids is 2. The van der Waals surface area contributed by atoms with Gasteiger partial charge in [-0.3, -0.25) is 4.79 Å². The molecule has 0 spiro atoms. The molecule has 0 aliphatic rings. The zero-order chi connectivity index (χ0) is 14.3. The number of carbonyl (C=O) groups is 2. The lowest BCUT2D eigenvalue weighted by atomic mass is 10.1. The standard InChI is InChI=1S/C14H17BrO4/c1-3-18-13(16)6-5-10-7-11(9-12(15)8-10)14(17)19-4-2/h7-9H,3-6H2,1-2H3. The maximum atomic E-state index is 11.7. The van der Waals surface area contributed by atoms with Crippen LogP contribution in [0.1, 0.15) is 36.2 Å². The number of aryl methyl sites for hydroxylation is 1. The summed E-state index contributed by atoms with van der Waals surface area (Å²) in [5.41, 5.74) is 1.38. The second kappa shape index (κ2) is 7.94. The molecular formula is C14H17BrO4. The van der Waals surface area contributed by atoms with E-state index in [4.69, 9.17) is 9.47 Å². The van der Waals surface area contributed by atoms with E-state index in [9.17, 15) is 9.59 Å². The second-order valence-electron chi connectivity index (χ2n) is 3.87. The molecule has 0 saturated carbocycles. The van der Waals surface area contributed by atoms with Crippen LogP contribution in [0.3, 0.4) is 0 Å². The van der Waals surface area contributed by atoms with E-state index in [0.29, 0.717) is 31.6 Å². The fourth-order valence-electron chi connectivity index (χ4n) is 1.61. The van der Waals surface area contributed by atoms with Crippen LogP contribution in [0, 0.1) is 0 Å². The van der Waals surface area contributed by atoms with Crippen molar-refractivity contribution in [1.82, 2.24) is 0 Å². The van der Waals surface area contributed by atoms with E-state index >= 15 is 0 Å². The SMILES string of the molecule is CCOC(=O)CCc1cc(Br)cc(C(=O)OCC)c1. The van der Waals surface area contributed by atoms with Crippen LogP contribution in [0.4, 0.5) is 0 Å². The topological polar surface area (TPSA) is 52.6 Å². The number of esters is 2. The molecule has 0 aliphatic carbocycles. The minimum absolute atomic E-state index is 0.236. The summed E-state index contributed by atoms with van der Waals surface area (Å²) < 4.78 is 10.6. The molecule has 0 unspecified atom stereocenters. The third-order valence-corrected chi connectivity index (χ3v) is 2.85. The highest BCUT2D eigenvalue weighted by atomic mass is 79.9. The van der Waals surface area contributed by atoms with Gasteiger partial charge in [0.05, 0.1) is 18.8 Å². The van der Waals surface area contributed by atoms with Crippen LogP contribution in [0.15, 0.2) is 22.7 Å². The smallest absolute Gasteiger partial charge is 0.338 e. The highest BCUT2D eigenvalue weighted by molar-refractivity contribution is 9.10. The Morgan fingerprint density at radius 1 is 1.11 bits per heavy atom. The Bertz CT molecular complexity index is 457. The summed E-state index contributed by atoms with van der Waals surface area (Å²) in [7, 11) is 0. The first-order valence-corrected chi connectivity index (χ1v) is 6.98. The molecule has 1 rings (SSSR count). The van der Waals surface area contributed by atoms with Gasteiger partial charge in [0.15, 0.2) is 0 Å². The van der Waals surface area contributed by atoms with Crippen LogP contribution >= 0.6 is 15.9 Å². The molecule has 0 heterocycles. The fraction of sp³-hybridized carbons (Fsp3) is 0.429.